The Kier molecular flexibility index (Phi) is 4.79. The topological polar surface area (TPSA) is 89.9 Å². The van der Waals surface area contributed by atoms with Crippen LogP contribution in [-0.2, 0) is 4.79 Å². The van der Waals surface area contributed by atoms with Gasteiger partial charge in [-0.25, -0.2) is 4.79 Å². The highest BCUT2D eigenvalue weighted by Gasteiger charge is 2.31. The van der Waals surface area contributed by atoms with Gasteiger partial charge < -0.3 is 20.4 Å². The number of carboxylic acid groups (broad SMARTS) is 1. The molecule has 0 aromatic heterocycles. The lowest BCUT2D eigenvalue weighted by Gasteiger charge is -2.37. The van der Waals surface area contributed by atoms with E-state index in [1.54, 1.807) is 11.8 Å². The second-order valence-corrected chi connectivity index (χ2v) is 6.19. The third-order valence-electron chi connectivity index (χ3n) is 3.54. The Bertz CT molecular complexity index is 343. The van der Waals surface area contributed by atoms with E-state index < -0.39 is 17.1 Å². The maximum absolute atomic E-state index is 12.1. The summed E-state index contributed by atoms with van der Waals surface area (Å²) in [6.07, 6.45) is 1.55. The molecule has 0 atom stereocenters. The molecule has 1 aliphatic rings. The number of carbonyl (C=O) groups is 2. The fourth-order valence-corrected chi connectivity index (χ4v) is 2.04. The van der Waals surface area contributed by atoms with E-state index in [4.69, 9.17) is 5.11 Å². The predicted molar refractivity (Wildman–Crippen MR) is 70.9 cm³/mol. The van der Waals surface area contributed by atoms with E-state index >= 15 is 0 Å². The van der Waals surface area contributed by atoms with Crippen LogP contribution in [0.3, 0.4) is 0 Å². The molecule has 110 valence electrons. The molecule has 0 aromatic rings. The quantitative estimate of drug-likeness (QED) is 0.717. The Labute approximate surface area is 113 Å². The van der Waals surface area contributed by atoms with E-state index in [1.165, 1.54) is 0 Å². The van der Waals surface area contributed by atoms with Gasteiger partial charge in [0.25, 0.3) is 0 Å². The molecule has 19 heavy (non-hydrogen) atoms. The molecule has 1 aliphatic heterocycles. The standard InChI is InChI=1S/C13H24N2O4/c1-12(2,5-4-10(16)17)14-11(18)15-8-6-13(3,19)7-9-15/h19H,4-9H2,1-3H3,(H,14,18)(H,16,17). The van der Waals surface area contributed by atoms with Gasteiger partial charge in [-0.1, -0.05) is 0 Å². The van der Waals surface area contributed by atoms with E-state index in [9.17, 15) is 14.7 Å². The molecule has 1 fully saturated rings. The van der Waals surface area contributed by atoms with Gasteiger partial charge in [-0.15, -0.1) is 0 Å². The number of likely N-dealkylation sites (tertiary alicyclic amines) is 1. The van der Waals surface area contributed by atoms with Gasteiger partial charge in [-0.3, -0.25) is 4.79 Å². The number of aliphatic hydroxyl groups is 1. The largest absolute Gasteiger partial charge is 0.481 e. The van der Waals surface area contributed by atoms with Gasteiger partial charge in [0.1, 0.15) is 0 Å². The van der Waals surface area contributed by atoms with Gasteiger partial charge in [0.05, 0.1) is 5.60 Å². The van der Waals surface area contributed by atoms with Crippen LogP contribution in [0.5, 0.6) is 0 Å². The van der Waals surface area contributed by atoms with Crippen LogP contribution in [0, 0.1) is 0 Å². The molecule has 0 saturated carbocycles. The molecule has 0 bridgehead atoms. The summed E-state index contributed by atoms with van der Waals surface area (Å²) in [6, 6.07) is -0.189. The zero-order chi connectivity index (χ0) is 14.7. The Morgan fingerprint density at radius 3 is 2.32 bits per heavy atom. The van der Waals surface area contributed by atoms with Crippen molar-refractivity contribution in [2.24, 2.45) is 0 Å². The molecule has 0 radical (unpaired) electrons. The number of piperidine rings is 1. The van der Waals surface area contributed by atoms with Gasteiger partial charge in [0, 0.05) is 25.0 Å². The highest BCUT2D eigenvalue weighted by molar-refractivity contribution is 5.75. The molecule has 0 spiro atoms. The van der Waals surface area contributed by atoms with E-state index in [1.807, 2.05) is 13.8 Å². The first-order chi connectivity index (χ1) is 8.61. The summed E-state index contributed by atoms with van der Waals surface area (Å²) in [5.41, 5.74) is -1.23. The first-order valence-corrected chi connectivity index (χ1v) is 6.63. The van der Waals surface area contributed by atoms with Crippen molar-refractivity contribution in [3.05, 3.63) is 0 Å². The molecule has 6 nitrogen and oxygen atoms in total. The van der Waals surface area contributed by atoms with Gasteiger partial charge in [-0.2, -0.15) is 0 Å². The Morgan fingerprint density at radius 1 is 1.32 bits per heavy atom. The molecule has 1 heterocycles. The highest BCUT2D eigenvalue weighted by atomic mass is 16.4. The van der Waals surface area contributed by atoms with Crippen LogP contribution >= 0.6 is 0 Å². The summed E-state index contributed by atoms with van der Waals surface area (Å²) in [5.74, 6) is -0.864. The zero-order valence-corrected chi connectivity index (χ0v) is 11.9. The normalized spacial score (nSPS) is 19.1. The van der Waals surface area contributed by atoms with Crippen molar-refractivity contribution in [2.45, 2.75) is 57.6 Å². The third kappa shape index (κ3) is 5.46. The number of carbonyl (C=O) groups excluding carboxylic acids is 1. The van der Waals surface area contributed by atoms with E-state index in [2.05, 4.69) is 5.32 Å². The first-order valence-electron chi connectivity index (χ1n) is 6.63. The molecular formula is C13H24N2O4. The number of nitrogens with zero attached hydrogens (tertiary/aromatic N) is 1. The minimum atomic E-state index is -0.864. The molecule has 3 N–H and O–H groups in total. The van der Waals surface area contributed by atoms with Crippen LogP contribution in [0.2, 0.25) is 0 Å². The SMILES string of the molecule is CC1(O)CCN(C(=O)NC(C)(C)CCC(=O)O)CC1. The molecule has 1 saturated heterocycles. The number of urea groups is 1. The Hall–Kier alpha value is -1.30. The molecule has 0 aliphatic carbocycles. The molecule has 2 amide bonds. The lowest BCUT2D eigenvalue weighted by atomic mass is 9.94. The zero-order valence-electron chi connectivity index (χ0n) is 11.9. The number of amides is 2. The van der Waals surface area contributed by atoms with Crippen molar-refractivity contribution in [3.8, 4) is 0 Å². The maximum Gasteiger partial charge on any atom is 0.317 e. The van der Waals surface area contributed by atoms with Crippen molar-refractivity contribution in [2.75, 3.05) is 13.1 Å². The average Bonchev–Trinajstić information content (AvgIpc) is 2.25. The summed E-state index contributed by atoms with van der Waals surface area (Å²) in [4.78, 5) is 24.3. The average molecular weight is 272 g/mol. The van der Waals surface area contributed by atoms with Gasteiger partial charge in [0.2, 0.25) is 0 Å². The smallest absolute Gasteiger partial charge is 0.317 e. The number of rotatable bonds is 4. The number of hydrogen-bond donors (Lipinski definition) is 3. The molecular weight excluding hydrogens is 248 g/mol. The summed E-state index contributed by atoms with van der Waals surface area (Å²) < 4.78 is 0. The van der Waals surface area contributed by atoms with Crippen molar-refractivity contribution >= 4 is 12.0 Å². The maximum atomic E-state index is 12.1. The van der Waals surface area contributed by atoms with Gasteiger partial charge in [0.15, 0.2) is 0 Å². The van der Waals surface area contributed by atoms with Crippen LogP contribution in [-0.4, -0.2) is 51.3 Å². The summed E-state index contributed by atoms with van der Waals surface area (Å²) in [5, 5.41) is 21.3. The monoisotopic (exact) mass is 272 g/mol. The van der Waals surface area contributed by atoms with Gasteiger partial charge in [-0.05, 0) is 40.0 Å². The van der Waals surface area contributed by atoms with Crippen LogP contribution in [0.15, 0.2) is 0 Å². The second kappa shape index (κ2) is 5.77. The predicted octanol–water partition coefficient (Wildman–Crippen LogP) is 1.19. The first kappa shape index (κ1) is 15.8. The summed E-state index contributed by atoms with van der Waals surface area (Å²) >= 11 is 0. The molecule has 0 unspecified atom stereocenters. The summed E-state index contributed by atoms with van der Waals surface area (Å²) in [6.45, 7) is 6.45. The Balaban J connectivity index is 2.44. The fourth-order valence-electron chi connectivity index (χ4n) is 2.04. The number of carboxylic acids is 1. The van der Waals surface area contributed by atoms with Crippen LogP contribution in [0.1, 0.15) is 46.5 Å². The fraction of sp³-hybridized carbons (Fsp3) is 0.846. The van der Waals surface area contributed by atoms with Crippen molar-refractivity contribution in [1.29, 1.82) is 0 Å². The van der Waals surface area contributed by atoms with Crippen molar-refractivity contribution < 1.29 is 19.8 Å². The lowest BCUT2D eigenvalue weighted by molar-refractivity contribution is -0.137. The molecule has 0 aromatic carbocycles. The Morgan fingerprint density at radius 2 is 1.84 bits per heavy atom. The van der Waals surface area contributed by atoms with Crippen molar-refractivity contribution in [1.82, 2.24) is 10.2 Å². The third-order valence-corrected chi connectivity index (χ3v) is 3.54. The highest BCUT2D eigenvalue weighted by Crippen LogP contribution is 2.21. The molecule has 1 rings (SSSR count). The lowest BCUT2D eigenvalue weighted by Crippen LogP contribution is -2.54. The number of nitrogens with one attached hydrogen (secondary N) is 1. The van der Waals surface area contributed by atoms with E-state index in [0.717, 1.165) is 0 Å². The van der Waals surface area contributed by atoms with Crippen LogP contribution in [0.4, 0.5) is 4.79 Å². The molecule has 6 heteroatoms. The van der Waals surface area contributed by atoms with Gasteiger partial charge >= 0.3 is 12.0 Å². The number of hydrogen-bond acceptors (Lipinski definition) is 3. The minimum Gasteiger partial charge on any atom is -0.481 e. The van der Waals surface area contributed by atoms with Crippen LogP contribution < -0.4 is 5.32 Å². The number of aliphatic carboxylic acids is 1. The van der Waals surface area contributed by atoms with Crippen LogP contribution in [0.25, 0.3) is 0 Å². The van der Waals surface area contributed by atoms with Crippen molar-refractivity contribution in [3.63, 3.8) is 0 Å². The minimum absolute atomic E-state index is 0.0298. The van der Waals surface area contributed by atoms with E-state index in [-0.39, 0.29) is 12.5 Å². The summed E-state index contributed by atoms with van der Waals surface area (Å²) in [7, 11) is 0. The second-order valence-electron chi connectivity index (χ2n) is 6.19. The van der Waals surface area contributed by atoms with E-state index in [0.29, 0.717) is 32.4 Å².